The second-order valence-corrected chi connectivity index (χ2v) is 6.50. The van der Waals surface area contributed by atoms with Gasteiger partial charge in [-0.3, -0.25) is 4.79 Å². The zero-order chi connectivity index (χ0) is 22.2. The maximum atomic E-state index is 13.2. The van der Waals surface area contributed by atoms with Crippen molar-refractivity contribution in [2.75, 3.05) is 5.32 Å². The maximum Gasteiger partial charge on any atom is 0.335 e. The van der Waals surface area contributed by atoms with Crippen LogP contribution in [0.2, 0.25) is 0 Å². The molecular formula is C24H17FN2O4. The molecule has 0 saturated carbocycles. The third-order valence-electron chi connectivity index (χ3n) is 4.22. The standard InChI is InChI=1S/C24H17FN2O4/c25-20-5-1-3-17(12-20)15-31-22-9-7-16(8-10-22)11-19(14-26)23(28)27-21-6-2-4-18(13-21)24(29)30/h1-13H,15H2,(H,27,28)(H,29,30)/b19-11-. The minimum Gasteiger partial charge on any atom is -0.489 e. The summed E-state index contributed by atoms with van der Waals surface area (Å²) in [5, 5.41) is 20.9. The largest absolute Gasteiger partial charge is 0.489 e. The van der Waals surface area contributed by atoms with Crippen molar-refractivity contribution >= 4 is 23.6 Å². The van der Waals surface area contributed by atoms with Gasteiger partial charge in [0.1, 0.15) is 29.8 Å². The van der Waals surface area contributed by atoms with E-state index in [-0.39, 0.29) is 29.2 Å². The van der Waals surface area contributed by atoms with Crippen molar-refractivity contribution in [3.05, 3.63) is 101 Å². The Morgan fingerprint density at radius 1 is 1.06 bits per heavy atom. The summed E-state index contributed by atoms with van der Waals surface area (Å²) in [7, 11) is 0. The Morgan fingerprint density at radius 3 is 2.48 bits per heavy atom. The van der Waals surface area contributed by atoms with Crippen LogP contribution in [0.15, 0.2) is 78.4 Å². The molecule has 0 aliphatic carbocycles. The number of nitrogens with zero attached hydrogens (tertiary/aromatic N) is 1. The molecule has 0 radical (unpaired) electrons. The van der Waals surface area contributed by atoms with Gasteiger partial charge in [0, 0.05) is 5.69 Å². The van der Waals surface area contributed by atoms with Gasteiger partial charge in [0.25, 0.3) is 5.91 Å². The SMILES string of the molecule is N#C/C(=C/c1ccc(OCc2cccc(F)c2)cc1)C(=O)Nc1cccc(C(=O)O)c1. The number of hydrogen-bond acceptors (Lipinski definition) is 4. The Bertz CT molecular complexity index is 1180. The lowest BCUT2D eigenvalue weighted by Crippen LogP contribution is -2.13. The molecule has 0 spiro atoms. The zero-order valence-electron chi connectivity index (χ0n) is 16.2. The van der Waals surface area contributed by atoms with E-state index in [0.717, 1.165) is 0 Å². The molecule has 0 aliphatic rings. The van der Waals surface area contributed by atoms with Crippen molar-refractivity contribution in [2.24, 2.45) is 0 Å². The number of ether oxygens (including phenoxy) is 1. The van der Waals surface area contributed by atoms with Gasteiger partial charge in [-0.25, -0.2) is 9.18 Å². The highest BCUT2D eigenvalue weighted by atomic mass is 19.1. The molecule has 3 rings (SSSR count). The van der Waals surface area contributed by atoms with Crippen molar-refractivity contribution in [1.29, 1.82) is 5.26 Å². The fraction of sp³-hybridized carbons (Fsp3) is 0.0417. The van der Waals surface area contributed by atoms with Gasteiger partial charge in [-0.05, 0) is 59.7 Å². The summed E-state index contributed by atoms with van der Waals surface area (Å²) < 4.78 is 18.8. The van der Waals surface area contributed by atoms with Crippen molar-refractivity contribution in [1.82, 2.24) is 0 Å². The van der Waals surface area contributed by atoms with Crippen molar-refractivity contribution in [2.45, 2.75) is 6.61 Å². The number of nitriles is 1. The molecular weight excluding hydrogens is 399 g/mol. The number of halogens is 1. The number of anilines is 1. The molecule has 0 heterocycles. The molecule has 3 aromatic rings. The van der Waals surface area contributed by atoms with Crippen LogP contribution in [0.25, 0.3) is 6.08 Å². The summed E-state index contributed by atoms with van der Waals surface area (Å²) in [5.41, 5.74) is 1.44. The van der Waals surface area contributed by atoms with Crippen LogP contribution in [0.3, 0.4) is 0 Å². The number of nitrogens with one attached hydrogen (secondary N) is 1. The monoisotopic (exact) mass is 416 g/mol. The molecule has 0 unspecified atom stereocenters. The second-order valence-electron chi connectivity index (χ2n) is 6.50. The highest BCUT2D eigenvalue weighted by Crippen LogP contribution is 2.18. The number of benzene rings is 3. The van der Waals surface area contributed by atoms with Gasteiger partial charge in [0.2, 0.25) is 0 Å². The lowest BCUT2D eigenvalue weighted by molar-refractivity contribution is -0.112. The van der Waals surface area contributed by atoms with Crippen molar-refractivity contribution in [3.63, 3.8) is 0 Å². The molecule has 6 nitrogen and oxygen atoms in total. The number of aromatic carboxylic acids is 1. The van der Waals surface area contributed by atoms with Gasteiger partial charge in [0.15, 0.2) is 0 Å². The van der Waals surface area contributed by atoms with E-state index in [4.69, 9.17) is 9.84 Å². The van der Waals surface area contributed by atoms with E-state index in [1.165, 1.54) is 42.5 Å². The van der Waals surface area contributed by atoms with E-state index >= 15 is 0 Å². The molecule has 2 N–H and O–H groups in total. The predicted octanol–water partition coefficient (Wildman–Crippen LogP) is 4.65. The second kappa shape index (κ2) is 9.85. The Kier molecular flexibility index (Phi) is 6.76. The third kappa shape index (κ3) is 6.02. The number of carbonyl (C=O) groups excluding carboxylic acids is 1. The lowest BCUT2D eigenvalue weighted by Gasteiger charge is -2.07. The highest BCUT2D eigenvalue weighted by Gasteiger charge is 2.11. The highest BCUT2D eigenvalue weighted by molar-refractivity contribution is 6.10. The zero-order valence-corrected chi connectivity index (χ0v) is 16.2. The van der Waals surface area contributed by atoms with Crippen LogP contribution >= 0.6 is 0 Å². The lowest BCUT2D eigenvalue weighted by atomic mass is 10.1. The van der Waals surface area contributed by atoms with Crippen molar-refractivity contribution in [3.8, 4) is 11.8 Å². The van der Waals surface area contributed by atoms with E-state index in [9.17, 15) is 19.2 Å². The molecule has 31 heavy (non-hydrogen) atoms. The normalized spacial score (nSPS) is 10.8. The molecule has 0 bridgehead atoms. The number of carboxylic acid groups (broad SMARTS) is 1. The first-order chi connectivity index (χ1) is 14.9. The van der Waals surface area contributed by atoms with Crippen LogP contribution in [-0.2, 0) is 11.4 Å². The van der Waals surface area contributed by atoms with Crippen LogP contribution < -0.4 is 10.1 Å². The maximum absolute atomic E-state index is 13.2. The summed E-state index contributed by atoms with van der Waals surface area (Å²) in [5.74, 6) is -1.56. The quantitative estimate of drug-likeness (QED) is 0.431. The Morgan fingerprint density at radius 2 is 1.81 bits per heavy atom. The Hall–Kier alpha value is -4.44. The summed E-state index contributed by atoms with van der Waals surface area (Å²) in [6.07, 6.45) is 1.41. The summed E-state index contributed by atoms with van der Waals surface area (Å²) in [6.45, 7) is 0.203. The molecule has 3 aromatic carbocycles. The van der Waals surface area contributed by atoms with Gasteiger partial charge in [-0.1, -0.05) is 30.3 Å². The predicted molar refractivity (Wildman–Crippen MR) is 113 cm³/mol. The first-order valence-corrected chi connectivity index (χ1v) is 9.18. The van der Waals surface area contributed by atoms with Gasteiger partial charge >= 0.3 is 5.97 Å². The number of rotatable bonds is 7. The fourth-order valence-corrected chi connectivity index (χ4v) is 2.70. The van der Waals surface area contributed by atoms with Crippen LogP contribution in [0.4, 0.5) is 10.1 Å². The number of carbonyl (C=O) groups is 2. The summed E-state index contributed by atoms with van der Waals surface area (Å²) in [4.78, 5) is 23.4. The summed E-state index contributed by atoms with van der Waals surface area (Å²) in [6, 6.07) is 20.4. The molecule has 0 fully saturated rings. The molecule has 0 aliphatic heterocycles. The number of hydrogen-bond donors (Lipinski definition) is 2. The van der Waals surface area contributed by atoms with Crippen molar-refractivity contribution < 1.29 is 23.8 Å². The van der Waals surface area contributed by atoms with Crippen LogP contribution in [0.1, 0.15) is 21.5 Å². The molecule has 7 heteroatoms. The van der Waals surface area contributed by atoms with E-state index in [1.54, 1.807) is 36.4 Å². The van der Waals surface area contributed by atoms with E-state index in [0.29, 0.717) is 16.9 Å². The molecule has 0 saturated heterocycles. The van der Waals surface area contributed by atoms with Crippen LogP contribution in [-0.4, -0.2) is 17.0 Å². The number of carboxylic acids is 1. The van der Waals surface area contributed by atoms with Gasteiger partial charge in [-0.2, -0.15) is 5.26 Å². The first kappa shape index (κ1) is 21.3. The van der Waals surface area contributed by atoms with Crippen LogP contribution in [0.5, 0.6) is 5.75 Å². The van der Waals surface area contributed by atoms with E-state index in [2.05, 4.69) is 5.32 Å². The fourth-order valence-electron chi connectivity index (χ4n) is 2.70. The average Bonchev–Trinajstić information content (AvgIpc) is 2.77. The van der Waals surface area contributed by atoms with Gasteiger partial charge in [0.05, 0.1) is 5.56 Å². The molecule has 0 atom stereocenters. The third-order valence-corrected chi connectivity index (χ3v) is 4.22. The Labute approximate surface area is 177 Å². The van der Waals surface area contributed by atoms with Gasteiger partial charge < -0.3 is 15.2 Å². The van der Waals surface area contributed by atoms with E-state index in [1.807, 2.05) is 6.07 Å². The Balaban J connectivity index is 1.66. The average molecular weight is 416 g/mol. The molecule has 1 amide bonds. The first-order valence-electron chi connectivity index (χ1n) is 9.18. The molecule has 0 aromatic heterocycles. The van der Waals surface area contributed by atoms with Crippen LogP contribution in [0, 0.1) is 17.1 Å². The molecule has 154 valence electrons. The van der Waals surface area contributed by atoms with Gasteiger partial charge in [-0.15, -0.1) is 0 Å². The number of amides is 1. The van der Waals surface area contributed by atoms with E-state index < -0.39 is 11.9 Å². The smallest absolute Gasteiger partial charge is 0.335 e. The minimum atomic E-state index is -1.12. The topological polar surface area (TPSA) is 99.4 Å². The minimum absolute atomic E-state index is 0.0223. The summed E-state index contributed by atoms with van der Waals surface area (Å²) >= 11 is 0.